The molecule has 1 aromatic carbocycles. The SMILES string of the molecule is C=Cc1cc(I)c(OCC(=O)OC(C)(C)C)c(OCC)c1. The number of esters is 1. The van der Waals surface area contributed by atoms with Gasteiger partial charge in [-0.25, -0.2) is 4.79 Å². The second-order valence-electron chi connectivity index (χ2n) is 5.34. The van der Waals surface area contributed by atoms with Gasteiger partial charge in [-0.2, -0.15) is 0 Å². The lowest BCUT2D eigenvalue weighted by molar-refractivity contribution is -0.157. The summed E-state index contributed by atoms with van der Waals surface area (Å²) in [6.45, 7) is 11.5. The van der Waals surface area contributed by atoms with Crippen LogP contribution in [0, 0.1) is 3.57 Å². The van der Waals surface area contributed by atoms with Gasteiger partial charge in [-0.05, 0) is 68.0 Å². The number of hydrogen-bond donors (Lipinski definition) is 0. The maximum absolute atomic E-state index is 11.7. The van der Waals surface area contributed by atoms with Gasteiger partial charge in [0.15, 0.2) is 18.1 Å². The van der Waals surface area contributed by atoms with Crippen LogP contribution in [0.3, 0.4) is 0 Å². The predicted octanol–water partition coefficient (Wildman–Crippen LogP) is 4.05. The van der Waals surface area contributed by atoms with Crippen molar-refractivity contribution in [3.63, 3.8) is 0 Å². The quantitative estimate of drug-likeness (QED) is 0.530. The second kappa shape index (κ2) is 7.68. The fourth-order valence-electron chi connectivity index (χ4n) is 1.61. The van der Waals surface area contributed by atoms with E-state index in [4.69, 9.17) is 14.2 Å². The predicted molar refractivity (Wildman–Crippen MR) is 91.8 cm³/mol. The fraction of sp³-hybridized carbons (Fsp3) is 0.438. The summed E-state index contributed by atoms with van der Waals surface area (Å²) in [5, 5.41) is 0. The molecule has 21 heavy (non-hydrogen) atoms. The lowest BCUT2D eigenvalue weighted by Crippen LogP contribution is -2.27. The molecule has 0 radical (unpaired) electrons. The van der Waals surface area contributed by atoms with Crippen LogP contribution in [0.25, 0.3) is 6.08 Å². The first-order valence-electron chi connectivity index (χ1n) is 6.70. The van der Waals surface area contributed by atoms with Gasteiger partial charge in [0.2, 0.25) is 0 Å². The van der Waals surface area contributed by atoms with Crippen molar-refractivity contribution < 1.29 is 19.0 Å². The number of rotatable bonds is 6. The van der Waals surface area contributed by atoms with Gasteiger partial charge in [0.05, 0.1) is 10.2 Å². The van der Waals surface area contributed by atoms with Gasteiger partial charge in [0.1, 0.15) is 5.60 Å². The van der Waals surface area contributed by atoms with Crippen LogP contribution in [0.5, 0.6) is 11.5 Å². The molecule has 5 heteroatoms. The van der Waals surface area contributed by atoms with E-state index in [-0.39, 0.29) is 6.61 Å². The van der Waals surface area contributed by atoms with Gasteiger partial charge in [-0.3, -0.25) is 0 Å². The Hall–Kier alpha value is -1.24. The summed E-state index contributed by atoms with van der Waals surface area (Å²) in [5.74, 6) is 0.741. The van der Waals surface area contributed by atoms with E-state index in [1.165, 1.54) is 0 Å². The summed E-state index contributed by atoms with van der Waals surface area (Å²) in [6, 6.07) is 3.75. The Kier molecular flexibility index (Phi) is 6.51. The van der Waals surface area contributed by atoms with Crippen LogP contribution in [-0.4, -0.2) is 24.8 Å². The monoisotopic (exact) mass is 404 g/mol. The number of ether oxygens (including phenoxy) is 3. The molecular weight excluding hydrogens is 383 g/mol. The zero-order valence-corrected chi connectivity index (χ0v) is 15.0. The molecule has 0 heterocycles. The van der Waals surface area contributed by atoms with E-state index in [0.29, 0.717) is 18.1 Å². The van der Waals surface area contributed by atoms with Gasteiger partial charge >= 0.3 is 5.97 Å². The number of halogens is 1. The third-order valence-electron chi connectivity index (χ3n) is 2.32. The van der Waals surface area contributed by atoms with Crippen molar-refractivity contribution in [1.29, 1.82) is 0 Å². The van der Waals surface area contributed by atoms with Crippen molar-refractivity contribution in [1.82, 2.24) is 0 Å². The van der Waals surface area contributed by atoms with Crippen molar-refractivity contribution in [3.05, 3.63) is 27.8 Å². The van der Waals surface area contributed by atoms with Crippen molar-refractivity contribution in [2.75, 3.05) is 13.2 Å². The lowest BCUT2D eigenvalue weighted by Gasteiger charge is -2.20. The van der Waals surface area contributed by atoms with Crippen LogP contribution in [0.4, 0.5) is 0 Å². The first kappa shape index (κ1) is 17.8. The molecule has 0 amide bonds. The number of carbonyl (C=O) groups is 1. The van der Waals surface area contributed by atoms with Crippen molar-refractivity contribution in [2.45, 2.75) is 33.3 Å². The molecule has 0 unspecified atom stereocenters. The molecule has 116 valence electrons. The number of carbonyl (C=O) groups excluding carboxylic acids is 1. The first-order valence-corrected chi connectivity index (χ1v) is 7.78. The van der Waals surface area contributed by atoms with E-state index in [9.17, 15) is 4.79 Å². The normalized spacial score (nSPS) is 10.9. The first-order chi connectivity index (χ1) is 9.76. The second-order valence-corrected chi connectivity index (χ2v) is 6.50. The van der Waals surface area contributed by atoms with Gasteiger partial charge in [-0.1, -0.05) is 12.7 Å². The molecule has 0 N–H and O–H groups in total. The fourth-order valence-corrected chi connectivity index (χ4v) is 2.39. The van der Waals surface area contributed by atoms with Crippen LogP contribution in [0.2, 0.25) is 0 Å². The molecule has 0 spiro atoms. The molecule has 0 aromatic heterocycles. The molecule has 0 saturated carbocycles. The Morgan fingerprint density at radius 2 is 2.00 bits per heavy atom. The molecule has 1 aromatic rings. The zero-order valence-electron chi connectivity index (χ0n) is 12.9. The highest BCUT2D eigenvalue weighted by Gasteiger charge is 2.18. The minimum Gasteiger partial charge on any atom is -0.490 e. The van der Waals surface area contributed by atoms with Crippen LogP contribution in [0.15, 0.2) is 18.7 Å². The summed E-state index contributed by atoms with van der Waals surface area (Å²) in [7, 11) is 0. The minimum absolute atomic E-state index is 0.152. The average Bonchev–Trinajstić information content (AvgIpc) is 2.35. The molecule has 0 bridgehead atoms. The zero-order chi connectivity index (χ0) is 16.0. The van der Waals surface area contributed by atoms with E-state index in [1.807, 2.05) is 39.8 Å². The maximum atomic E-state index is 11.7. The highest BCUT2D eigenvalue weighted by molar-refractivity contribution is 14.1. The van der Waals surface area contributed by atoms with Crippen molar-refractivity contribution >= 4 is 34.6 Å². The summed E-state index contributed by atoms with van der Waals surface area (Å²) < 4.78 is 17.2. The molecule has 0 aliphatic carbocycles. The Balaban J connectivity index is 2.87. The van der Waals surface area contributed by atoms with Gasteiger partial charge in [0, 0.05) is 0 Å². The minimum atomic E-state index is -0.525. The van der Waals surface area contributed by atoms with E-state index >= 15 is 0 Å². The van der Waals surface area contributed by atoms with Crippen LogP contribution < -0.4 is 9.47 Å². The molecule has 4 nitrogen and oxygen atoms in total. The van der Waals surface area contributed by atoms with E-state index in [1.54, 1.807) is 6.08 Å². The summed E-state index contributed by atoms with van der Waals surface area (Å²) in [4.78, 5) is 11.7. The molecular formula is C16H21IO4. The Morgan fingerprint density at radius 3 is 2.52 bits per heavy atom. The highest BCUT2D eigenvalue weighted by atomic mass is 127. The summed E-state index contributed by atoms with van der Waals surface area (Å²) >= 11 is 2.14. The Labute approximate surface area is 139 Å². The van der Waals surface area contributed by atoms with Gasteiger partial charge in [0.25, 0.3) is 0 Å². The molecule has 0 saturated heterocycles. The molecule has 0 fully saturated rings. The number of benzene rings is 1. The van der Waals surface area contributed by atoms with Crippen molar-refractivity contribution in [3.8, 4) is 11.5 Å². The van der Waals surface area contributed by atoms with E-state index < -0.39 is 11.6 Å². The van der Waals surface area contributed by atoms with E-state index in [0.717, 1.165) is 9.13 Å². The third-order valence-corrected chi connectivity index (χ3v) is 3.12. The van der Waals surface area contributed by atoms with Crippen LogP contribution >= 0.6 is 22.6 Å². The number of hydrogen-bond acceptors (Lipinski definition) is 4. The molecule has 0 atom stereocenters. The largest absolute Gasteiger partial charge is 0.490 e. The van der Waals surface area contributed by atoms with Gasteiger partial charge < -0.3 is 14.2 Å². The highest BCUT2D eigenvalue weighted by Crippen LogP contribution is 2.34. The lowest BCUT2D eigenvalue weighted by atomic mass is 10.2. The van der Waals surface area contributed by atoms with Crippen LogP contribution in [0.1, 0.15) is 33.3 Å². The average molecular weight is 404 g/mol. The Morgan fingerprint density at radius 1 is 1.33 bits per heavy atom. The van der Waals surface area contributed by atoms with Gasteiger partial charge in [-0.15, -0.1) is 0 Å². The van der Waals surface area contributed by atoms with Crippen molar-refractivity contribution in [2.24, 2.45) is 0 Å². The molecule has 0 aliphatic rings. The third kappa shape index (κ3) is 5.95. The smallest absolute Gasteiger partial charge is 0.344 e. The van der Waals surface area contributed by atoms with Crippen LogP contribution in [-0.2, 0) is 9.53 Å². The van der Waals surface area contributed by atoms with E-state index in [2.05, 4.69) is 29.2 Å². The Bertz CT molecular complexity index is 518. The topological polar surface area (TPSA) is 44.8 Å². The molecule has 1 rings (SSSR count). The molecule has 0 aliphatic heterocycles. The standard InChI is InChI=1S/C16H21IO4/c1-6-11-8-12(17)15(13(9-11)19-7-2)20-10-14(18)21-16(3,4)5/h6,8-9H,1,7,10H2,2-5H3. The maximum Gasteiger partial charge on any atom is 0.344 e. The summed E-state index contributed by atoms with van der Waals surface area (Å²) in [6.07, 6.45) is 1.74. The summed E-state index contributed by atoms with van der Waals surface area (Å²) in [5.41, 5.74) is 0.413.